The molecule has 0 bridgehead atoms. The van der Waals surface area contributed by atoms with E-state index in [2.05, 4.69) is 5.32 Å². The Morgan fingerprint density at radius 1 is 1.19 bits per heavy atom. The van der Waals surface area contributed by atoms with Crippen molar-refractivity contribution in [3.05, 3.63) is 65.5 Å². The second kappa shape index (κ2) is 6.70. The number of hydrogen-bond donors (Lipinski definition) is 2. The predicted molar refractivity (Wildman–Crippen MR) is 80.6 cm³/mol. The van der Waals surface area contributed by atoms with Crippen LogP contribution in [0, 0.1) is 5.82 Å². The molecule has 2 aromatic rings. The Bertz CT molecular complexity index is 589. The zero-order valence-corrected chi connectivity index (χ0v) is 12.3. The van der Waals surface area contributed by atoms with Crippen LogP contribution in [-0.4, -0.2) is 18.8 Å². The van der Waals surface area contributed by atoms with Gasteiger partial charge in [0.2, 0.25) is 0 Å². The van der Waals surface area contributed by atoms with Gasteiger partial charge >= 0.3 is 0 Å². The standard InChI is InChI=1S/C17H20FNO2/c1-17(12-21-2,14-6-4-3-5-7-14)19-11-13-10-15(18)8-9-16(13)20/h3-10,19-20H,11-12H2,1-2H3. The van der Waals surface area contributed by atoms with Crippen molar-refractivity contribution in [2.24, 2.45) is 0 Å². The van der Waals surface area contributed by atoms with Gasteiger partial charge in [0, 0.05) is 19.2 Å². The van der Waals surface area contributed by atoms with Crippen LogP contribution in [0.2, 0.25) is 0 Å². The summed E-state index contributed by atoms with van der Waals surface area (Å²) in [6, 6.07) is 13.8. The summed E-state index contributed by atoms with van der Waals surface area (Å²) in [5.41, 5.74) is 1.17. The molecule has 3 nitrogen and oxygen atoms in total. The third-order valence-corrected chi connectivity index (χ3v) is 3.55. The van der Waals surface area contributed by atoms with Crippen molar-refractivity contribution in [1.29, 1.82) is 0 Å². The molecule has 0 aliphatic carbocycles. The van der Waals surface area contributed by atoms with E-state index in [1.165, 1.54) is 18.2 Å². The Morgan fingerprint density at radius 3 is 2.57 bits per heavy atom. The summed E-state index contributed by atoms with van der Waals surface area (Å²) in [5, 5.41) is 13.1. The quantitative estimate of drug-likeness (QED) is 0.858. The SMILES string of the molecule is COCC(C)(NCc1cc(F)ccc1O)c1ccccc1. The zero-order chi connectivity index (χ0) is 15.3. The topological polar surface area (TPSA) is 41.5 Å². The number of rotatable bonds is 6. The monoisotopic (exact) mass is 289 g/mol. The Hall–Kier alpha value is -1.91. The summed E-state index contributed by atoms with van der Waals surface area (Å²) < 4.78 is 18.6. The first-order chi connectivity index (χ1) is 10.0. The fourth-order valence-electron chi connectivity index (χ4n) is 2.32. The van der Waals surface area contributed by atoms with E-state index in [1.807, 2.05) is 37.3 Å². The van der Waals surface area contributed by atoms with Gasteiger partial charge in [0.1, 0.15) is 11.6 Å². The lowest BCUT2D eigenvalue weighted by Gasteiger charge is -2.31. The number of phenolic OH excluding ortho intramolecular Hbond substituents is 1. The summed E-state index contributed by atoms with van der Waals surface area (Å²) in [5.74, 6) is -0.283. The van der Waals surface area contributed by atoms with E-state index in [-0.39, 0.29) is 11.6 Å². The third kappa shape index (κ3) is 3.80. The maximum atomic E-state index is 13.3. The van der Waals surface area contributed by atoms with Crippen LogP contribution < -0.4 is 5.32 Å². The number of aromatic hydroxyl groups is 1. The minimum absolute atomic E-state index is 0.0803. The van der Waals surface area contributed by atoms with Crippen molar-refractivity contribution in [2.45, 2.75) is 19.0 Å². The van der Waals surface area contributed by atoms with Crippen LogP contribution in [-0.2, 0) is 16.8 Å². The molecule has 0 radical (unpaired) electrons. The van der Waals surface area contributed by atoms with E-state index < -0.39 is 5.54 Å². The summed E-state index contributed by atoms with van der Waals surface area (Å²) >= 11 is 0. The fraction of sp³-hybridized carbons (Fsp3) is 0.294. The van der Waals surface area contributed by atoms with Gasteiger partial charge in [-0.25, -0.2) is 4.39 Å². The second-order valence-electron chi connectivity index (χ2n) is 5.26. The Balaban J connectivity index is 2.19. The number of ether oxygens (including phenoxy) is 1. The van der Waals surface area contributed by atoms with Gasteiger partial charge in [-0.3, -0.25) is 0 Å². The van der Waals surface area contributed by atoms with Gasteiger partial charge in [0.25, 0.3) is 0 Å². The lowest BCUT2D eigenvalue weighted by molar-refractivity contribution is 0.117. The van der Waals surface area contributed by atoms with Crippen LogP contribution in [0.5, 0.6) is 5.75 Å². The minimum atomic E-state index is -0.422. The highest BCUT2D eigenvalue weighted by Gasteiger charge is 2.26. The van der Waals surface area contributed by atoms with Gasteiger partial charge in [0.15, 0.2) is 0 Å². The lowest BCUT2D eigenvalue weighted by atomic mass is 9.92. The van der Waals surface area contributed by atoms with Crippen LogP contribution in [0.25, 0.3) is 0 Å². The number of methoxy groups -OCH3 is 1. The maximum Gasteiger partial charge on any atom is 0.123 e. The highest BCUT2D eigenvalue weighted by atomic mass is 19.1. The van der Waals surface area contributed by atoms with Gasteiger partial charge in [-0.15, -0.1) is 0 Å². The summed E-state index contributed by atoms with van der Waals surface area (Å²) in [6.07, 6.45) is 0. The fourth-order valence-corrected chi connectivity index (χ4v) is 2.32. The maximum absolute atomic E-state index is 13.3. The number of benzene rings is 2. The molecule has 0 saturated carbocycles. The van der Waals surface area contributed by atoms with Crippen molar-refractivity contribution >= 4 is 0 Å². The van der Waals surface area contributed by atoms with Crippen LogP contribution in [0.15, 0.2) is 48.5 Å². The van der Waals surface area contributed by atoms with Crippen LogP contribution in [0.4, 0.5) is 4.39 Å². The average molecular weight is 289 g/mol. The Morgan fingerprint density at radius 2 is 1.90 bits per heavy atom. The highest BCUT2D eigenvalue weighted by Crippen LogP contribution is 2.24. The van der Waals surface area contributed by atoms with Gasteiger partial charge in [0.05, 0.1) is 12.1 Å². The molecule has 0 heterocycles. The first-order valence-electron chi connectivity index (χ1n) is 6.82. The molecule has 0 spiro atoms. The van der Waals surface area contributed by atoms with Gasteiger partial charge in [-0.2, -0.15) is 0 Å². The molecule has 0 aliphatic rings. The molecule has 1 unspecified atom stereocenters. The normalized spacial score (nSPS) is 13.9. The van der Waals surface area contributed by atoms with Gasteiger partial charge in [-0.1, -0.05) is 30.3 Å². The highest BCUT2D eigenvalue weighted by molar-refractivity contribution is 5.33. The minimum Gasteiger partial charge on any atom is -0.508 e. The van der Waals surface area contributed by atoms with Crippen LogP contribution in [0.1, 0.15) is 18.1 Å². The van der Waals surface area contributed by atoms with E-state index in [9.17, 15) is 9.50 Å². The van der Waals surface area contributed by atoms with Crippen LogP contribution >= 0.6 is 0 Å². The van der Waals surface area contributed by atoms with Crippen molar-refractivity contribution in [3.8, 4) is 5.75 Å². The lowest BCUT2D eigenvalue weighted by Crippen LogP contribution is -2.43. The molecular formula is C17H20FNO2. The van der Waals surface area contributed by atoms with E-state index in [0.29, 0.717) is 18.7 Å². The molecule has 4 heteroatoms. The molecule has 0 aliphatic heterocycles. The van der Waals surface area contributed by atoms with E-state index in [4.69, 9.17) is 4.74 Å². The molecule has 0 amide bonds. The molecule has 2 aromatic carbocycles. The molecule has 0 saturated heterocycles. The molecule has 112 valence electrons. The van der Waals surface area contributed by atoms with Crippen molar-refractivity contribution < 1.29 is 14.2 Å². The summed E-state index contributed by atoms with van der Waals surface area (Å²) in [4.78, 5) is 0. The average Bonchev–Trinajstić information content (AvgIpc) is 2.49. The second-order valence-corrected chi connectivity index (χ2v) is 5.26. The van der Waals surface area contributed by atoms with E-state index in [0.717, 1.165) is 5.56 Å². The Labute approximate surface area is 124 Å². The number of nitrogens with one attached hydrogen (secondary N) is 1. The summed E-state index contributed by atoms with van der Waals surface area (Å²) in [6.45, 7) is 2.83. The number of hydrogen-bond acceptors (Lipinski definition) is 3. The van der Waals surface area contributed by atoms with Crippen molar-refractivity contribution in [2.75, 3.05) is 13.7 Å². The molecular weight excluding hydrogens is 269 g/mol. The smallest absolute Gasteiger partial charge is 0.123 e. The Kier molecular flexibility index (Phi) is 4.94. The summed E-state index contributed by atoms with van der Waals surface area (Å²) in [7, 11) is 1.64. The van der Waals surface area contributed by atoms with Crippen LogP contribution in [0.3, 0.4) is 0 Å². The van der Waals surface area contributed by atoms with Crippen molar-refractivity contribution in [1.82, 2.24) is 5.32 Å². The first-order valence-corrected chi connectivity index (χ1v) is 6.82. The molecule has 0 aromatic heterocycles. The van der Waals surface area contributed by atoms with Gasteiger partial charge in [-0.05, 0) is 30.7 Å². The van der Waals surface area contributed by atoms with Crippen molar-refractivity contribution in [3.63, 3.8) is 0 Å². The molecule has 1 atom stereocenters. The molecule has 0 fully saturated rings. The van der Waals surface area contributed by atoms with E-state index in [1.54, 1.807) is 7.11 Å². The third-order valence-electron chi connectivity index (χ3n) is 3.55. The first kappa shape index (κ1) is 15.5. The van der Waals surface area contributed by atoms with E-state index >= 15 is 0 Å². The number of phenols is 1. The molecule has 21 heavy (non-hydrogen) atoms. The largest absolute Gasteiger partial charge is 0.508 e. The zero-order valence-electron chi connectivity index (χ0n) is 12.3. The predicted octanol–water partition coefficient (Wildman–Crippen LogP) is 3.18. The molecule has 2 N–H and O–H groups in total. The molecule has 2 rings (SSSR count). The number of halogens is 1. The van der Waals surface area contributed by atoms with Gasteiger partial charge < -0.3 is 15.2 Å².